The minimum atomic E-state index is -2.42. The van der Waals surface area contributed by atoms with Gasteiger partial charge in [0, 0.05) is 23.8 Å². The molecule has 250 valence electrons. The number of benzene rings is 1. The Balaban J connectivity index is 1.43. The van der Waals surface area contributed by atoms with E-state index in [0.717, 1.165) is 12.8 Å². The Morgan fingerprint density at radius 2 is 1.81 bits per heavy atom. The van der Waals surface area contributed by atoms with E-state index in [0.29, 0.717) is 11.1 Å². The van der Waals surface area contributed by atoms with E-state index >= 15 is 0 Å². The number of aliphatic hydroxyl groups excluding tert-OH is 2. The topological polar surface area (TPSA) is 144 Å². The number of fused-ring (bicyclic) bond motifs is 3. The Morgan fingerprint density at radius 3 is 2.49 bits per heavy atom. The summed E-state index contributed by atoms with van der Waals surface area (Å²) in [5.41, 5.74) is -6.08. The van der Waals surface area contributed by atoms with Crippen molar-refractivity contribution in [3.8, 4) is 0 Å². The van der Waals surface area contributed by atoms with Gasteiger partial charge in [0.25, 0.3) is 0 Å². The fourth-order valence-electron chi connectivity index (χ4n) is 9.03. The van der Waals surface area contributed by atoms with Crippen molar-refractivity contribution in [2.24, 2.45) is 17.8 Å². The number of Topliss-reactive ketones (excluding diaryl/α,β-unsaturated/α-hetero) is 1. The molecule has 12 atom stereocenters. The maximum atomic E-state index is 13.8. The van der Waals surface area contributed by atoms with Gasteiger partial charge in [-0.3, -0.25) is 4.79 Å². The fraction of sp³-hybridized carbons (Fsp3) is 0.514. The van der Waals surface area contributed by atoms with E-state index in [1.807, 2.05) is 19.1 Å². The molecule has 47 heavy (non-hydrogen) atoms. The van der Waals surface area contributed by atoms with E-state index in [1.165, 1.54) is 0 Å². The summed E-state index contributed by atoms with van der Waals surface area (Å²) in [6.07, 6.45) is 9.87. The second-order valence-electron chi connectivity index (χ2n) is 13.8. The maximum Gasteiger partial charge on any atom is 0.338 e. The minimum Gasteiger partial charge on any atom is -0.455 e. The van der Waals surface area contributed by atoms with Gasteiger partial charge in [-0.1, -0.05) is 81.5 Å². The largest absolute Gasteiger partial charge is 0.455 e. The average Bonchev–Trinajstić information content (AvgIpc) is 3.69. The summed E-state index contributed by atoms with van der Waals surface area (Å²) < 4.78 is 33.1. The Morgan fingerprint density at radius 1 is 1.09 bits per heavy atom. The number of ketones is 1. The van der Waals surface area contributed by atoms with Gasteiger partial charge in [0.05, 0.1) is 17.8 Å². The Labute approximate surface area is 274 Å². The van der Waals surface area contributed by atoms with Crippen molar-refractivity contribution in [2.45, 2.75) is 93.3 Å². The van der Waals surface area contributed by atoms with Crippen molar-refractivity contribution in [3.05, 3.63) is 96.2 Å². The minimum absolute atomic E-state index is 0.230. The lowest BCUT2D eigenvalue weighted by Crippen LogP contribution is -2.76. The van der Waals surface area contributed by atoms with Gasteiger partial charge in [-0.05, 0) is 43.5 Å². The van der Waals surface area contributed by atoms with Gasteiger partial charge in [0.1, 0.15) is 30.0 Å². The zero-order valence-corrected chi connectivity index (χ0v) is 27.0. The van der Waals surface area contributed by atoms with Gasteiger partial charge in [-0.25, -0.2) is 4.79 Å². The highest BCUT2D eigenvalue weighted by Gasteiger charge is 2.90. The molecule has 0 radical (unpaired) electrons. The predicted molar refractivity (Wildman–Crippen MR) is 169 cm³/mol. The molecule has 7 rings (SSSR count). The second kappa shape index (κ2) is 10.9. The molecule has 0 spiro atoms. The molecule has 5 fully saturated rings. The van der Waals surface area contributed by atoms with Crippen molar-refractivity contribution in [2.75, 3.05) is 6.61 Å². The first kappa shape index (κ1) is 32.3. The molecular weight excluding hydrogens is 604 g/mol. The third kappa shape index (κ3) is 4.10. The van der Waals surface area contributed by atoms with Crippen LogP contribution in [0.1, 0.15) is 50.9 Å². The smallest absolute Gasteiger partial charge is 0.338 e. The fourth-order valence-corrected chi connectivity index (χ4v) is 9.03. The number of carbonyl (C=O) groups excluding carboxylic acids is 2. The molecule has 0 aromatic heterocycles. The zero-order chi connectivity index (χ0) is 33.6. The normalized spacial score (nSPS) is 46.0. The monoisotopic (exact) mass is 646 g/mol. The molecule has 3 aliphatic carbocycles. The van der Waals surface area contributed by atoms with E-state index in [9.17, 15) is 24.9 Å². The molecule has 10 nitrogen and oxygen atoms in total. The van der Waals surface area contributed by atoms with Crippen LogP contribution in [0.2, 0.25) is 0 Å². The first-order valence-corrected chi connectivity index (χ1v) is 16.3. The van der Waals surface area contributed by atoms with E-state index in [-0.39, 0.29) is 5.57 Å². The van der Waals surface area contributed by atoms with E-state index in [4.69, 9.17) is 23.7 Å². The van der Waals surface area contributed by atoms with Crippen LogP contribution in [0.15, 0.2) is 90.6 Å². The number of hydrogen-bond donors (Lipinski definition) is 3. The van der Waals surface area contributed by atoms with Crippen LogP contribution in [0.3, 0.4) is 0 Å². The second-order valence-corrected chi connectivity index (χ2v) is 13.8. The summed E-state index contributed by atoms with van der Waals surface area (Å²) in [6, 6.07) is 8.55. The van der Waals surface area contributed by atoms with Gasteiger partial charge in [-0.15, -0.1) is 0 Å². The number of epoxide rings is 1. The average molecular weight is 647 g/mol. The molecule has 10 heteroatoms. The predicted octanol–water partition coefficient (Wildman–Crippen LogP) is 3.48. The number of carbonyl (C=O) groups is 2. The van der Waals surface area contributed by atoms with Crippen LogP contribution >= 0.6 is 0 Å². The van der Waals surface area contributed by atoms with Crippen molar-refractivity contribution >= 4 is 11.8 Å². The molecule has 0 amide bonds. The SMILES string of the molecule is C=C(C)[C@@]12O[C@@]3(C=CC=CC=CCCC)O[C@@H]1[C@@H]1[C@@H]4O[C@]4(CO)[C@@H](O)[C@]4(O)C(=O)C(C)=C[C@H]4[C@@]1(O3)[C@H](C)[C@H]2OC(=O)c1ccccc1. The summed E-state index contributed by atoms with van der Waals surface area (Å²) in [4.78, 5) is 27.6. The lowest BCUT2D eigenvalue weighted by Gasteiger charge is -2.61. The van der Waals surface area contributed by atoms with Crippen LogP contribution in [0.5, 0.6) is 0 Å². The van der Waals surface area contributed by atoms with Gasteiger partial charge >= 0.3 is 11.9 Å². The number of rotatable bonds is 9. The number of ether oxygens (including phenoxy) is 5. The highest BCUT2D eigenvalue weighted by molar-refractivity contribution is 6.05. The molecule has 3 aliphatic heterocycles. The Kier molecular flexibility index (Phi) is 7.50. The van der Waals surface area contributed by atoms with Crippen molar-refractivity contribution < 1.29 is 48.6 Å². The standard InChI is InChI=1S/C37H42O10/c1-6-7-8-9-10-11-15-18-34-45-30-26-29-33(20-38,44-29)32(41)35(42)25(19-22(4)27(35)39)37(26,47-34)23(5)28(36(30,46-34)21(2)3)43-31(40)24-16-13-12-14-17-24/h8-19,23,25-26,28-30,32,38,41-42H,2,6-7,20H2,1,3-5H3/t23-,25-,26+,28-,29+,30-,32-,33+,34-,35-,36+,37+/m1/s1. The van der Waals surface area contributed by atoms with Crippen molar-refractivity contribution in [1.82, 2.24) is 0 Å². The third-order valence-electron chi connectivity index (χ3n) is 11.2. The van der Waals surface area contributed by atoms with Crippen LogP contribution in [0, 0.1) is 17.8 Å². The lowest BCUT2D eigenvalue weighted by atomic mass is 9.53. The van der Waals surface area contributed by atoms with Gasteiger partial charge in [-0.2, -0.15) is 0 Å². The number of unbranched alkanes of at least 4 members (excludes halogenated alkanes) is 1. The summed E-state index contributed by atoms with van der Waals surface area (Å²) in [5.74, 6) is -5.89. The molecule has 3 N–H and O–H groups in total. The number of esters is 1. The van der Waals surface area contributed by atoms with Gasteiger partial charge in [0.2, 0.25) is 0 Å². The molecule has 3 bridgehead atoms. The van der Waals surface area contributed by atoms with Crippen LogP contribution in [-0.2, 0) is 28.5 Å². The molecule has 6 aliphatic rings. The van der Waals surface area contributed by atoms with Gasteiger partial charge in [0.15, 0.2) is 17.0 Å². The number of aliphatic hydroxyl groups is 3. The molecule has 2 saturated carbocycles. The van der Waals surface area contributed by atoms with E-state index < -0.39 is 88.9 Å². The summed E-state index contributed by atoms with van der Waals surface area (Å²) in [6.45, 7) is 10.9. The molecule has 1 aromatic carbocycles. The van der Waals surface area contributed by atoms with Crippen LogP contribution in [-0.4, -0.2) is 86.5 Å². The molecule has 1 aromatic rings. The third-order valence-corrected chi connectivity index (χ3v) is 11.2. The Bertz CT molecular complexity index is 1610. The molecule has 3 heterocycles. The van der Waals surface area contributed by atoms with Crippen molar-refractivity contribution in [3.63, 3.8) is 0 Å². The molecule has 3 saturated heterocycles. The highest BCUT2D eigenvalue weighted by Crippen LogP contribution is 2.73. The maximum absolute atomic E-state index is 13.8. The first-order valence-electron chi connectivity index (χ1n) is 16.3. The van der Waals surface area contributed by atoms with Crippen LogP contribution in [0.4, 0.5) is 0 Å². The Hall–Kier alpha value is -3.22. The molecule has 0 unspecified atom stereocenters. The zero-order valence-electron chi connectivity index (χ0n) is 27.0. The lowest BCUT2D eigenvalue weighted by molar-refractivity contribution is -0.407. The summed E-state index contributed by atoms with van der Waals surface area (Å²) >= 11 is 0. The van der Waals surface area contributed by atoms with E-state index in [2.05, 4.69) is 19.6 Å². The first-order chi connectivity index (χ1) is 22.4. The van der Waals surface area contributed by atoms with Gasteiger partial charge < -0.3 is 39.0 Å². The van der Waals surface area contributed by atoms with Crippen LogP contribution in [0.25, 0.3) is 0 Å². The van der Waals surface area contributed by atoms with E-state index in [1.54, 1.807) is 68.5 Å². The quantitative estimate of drug-likeness (QED) is 0.158. The number of allylic oxidation sites excluding steroid dienone is 5. The van der Waals surface area contributed by atoms with Crippen LogP contribution < -0.4 is 0 Å². The van der Waals surface area contributed by atoms with Crippen molar-refractivity contribution in [1.29, 1.82) is 0 Å². The highest BCUT2D eigenvalue weighted by atomic mass is 16.9. The summed E-state index contributed by atoms with van der Waals surface area (Å²) in [5, 5.41) is 34.9. The number of hydrogen-bond acceptors (Lipinski definition) is 10. The molecular formula is C37H42O10. The summed E-state index contributed by atoms with van der Waals surface area (Å²) in [7, 11) is 0.